The summed E-state index contributed by atoms with van der Waals surface area (Å²) in [5, 5.41) is 13.1. The molecule has 6 heteroatoms. The van der Waals surface area contributed by atoms with Crippen LogP contribution < -0.4 is 5.32 Å². The molecule has 0 aliphatic rings. The van der Waals surface area contributed by atoms with Gasteiger partial charge in [-0.3, -0.25) is 4.79 Å². The lowest BCUT2D eigenvalue weighted by molar-refractivity contribution is 0.0323. The van der Waals surface area contributed by atoms with E-state index in [1.54, 1.807) is 26.0 Å². The quantitative estimate of drug-likeness (QED) is 0.747. The topological polar surface area (TPSA) is 88.2 Å². The predicted molar refractivity (Wildman–Crippen MR) is 92.8 cm³/mol. The summed E-state index contributed by atoms with van der Waals surface area (Å²) in [6, 6.07) is 13.0. The minimum Gasteiger partial charge on any atom is -0.463 e. The molecule has 0 aliphatic carbocycles. The highest BCUT2D eigenvalue weighted by Gasteiger charge is 2.27. The summed E-state index contributed by atoms with van der Waals surface area (Å²) in [6.07, 6.45) is 2.94. The van der Waals surface area contributed by atoms with Crippen LogP contribution >= 0.6 is 0 Å². The number of amides is 1. The molecule has 6 nitrogen and oxygen atoms in total. The third-order valence-electron chi connectivity index (χ3n) is 3.81. The zero-order valence-electron chi connectivity index (χ0n) is 14.1. The van der Waals surface area contributed by atoms with Crippen LogP contribution in [0.5, 0.6) is 0 Å². The van der Waals surface area contributed by atoms with E-state index in [0.29, 0.717) is 22.9 Å². The Labute approximate surface area is 145 Å². The molecule has 25 heavy (non-hydrogen) atoms. The fourth-order valence-electron chi connectivity index (χ4n) is 2.35. The van der Waals surface area contributed by atoms with Gasteiger partial charge in [-0.1, -0.05) is 30.3 Å². The van der Waals surface area contributed by atoms with Crippen molar-refractivity contribution < 1.29 is 14.3 Å². The van der Waals surface area contributed by atoms with Crippen LogP contribution in [0.15, 0.2) is 59.3 Å². The van der Waals surface area contributed by atoms with Gasteiger partial charge < -0.3 is 14.8 Å². The van der Waals surface area contributed by atoms with Crippen molar-refractivity contribution in [3.8, 4) is 11.4 Å². The Morgan fingerprint density at radius 2 is 1.84 bits per heavy atom. The molecule has 1 amide bonds. The molecule has 1 unspecified atom stereocenters. The minimum absolute atomic E-state index is 0.0131. The maximum absolute atomic E-state index is 12.2. The Morgan fingerprint density at radius 1 is 1.16 bits per heavy atom. The van der Waals surface area contributed by atoms with E-state index in [0.717, 1.165) is 5.56 Å². The maximum Gasteiger partial charge on any atom is 0.254 e. The maximum atomic E-state index is 12.2. The Balaban J connectivity index is 1.65. The Kier molecular flexibility index (Phi) is 4.63. The standard InChI is InChI=1S/C19H19N3O3/c1-13-8-9-16(25-13)19(2,24)12-22-18(23)15-10-20-17(21-11-15)14-6-4-3-5-7-14/h3-11,24H,12H2,1-2H3,(H,22,23). The summed E-state index contributed by atoms with van der Waals surface area (Å²) in [4.78, 5) is 20.7. The zero-order valence-corrected chi connectivity index (χ0v) is 14.1. The van der Waals surface area contributed by atoms with Crippen LogP contribution in [0, 0.1) is 6.92 Å². The number of hydrogen-bond donors (Lipinski definition) is 2. The highest BCUT2D eigenvalue weighted by atomic mass is 16.4. The second-order valence-corrected chi connectivity index (χ2v) is 6.03. The highest BCUT2D eigenvalue weighted by molar-refractivity contribution is 5.93. The monoisotopic (exact) mass is 337 g/mol. The van der Waals surface area contributed by atoms with Gasteiger partial charge in [0.25, 0.3) is 5.91 Å². The van der Waals surface area contributed by atoms with Gasteiger partial charge in [-0.2, -0.15) is 0 Å². The summed E-state index contributed by atoms with van der Waals surface area (Å²) < 4.78 is 5.43. The first-order valence-corrected chi connectivity index (χ1v) is 7.91. The van der Waals surface area contributed by atoms with Crippen LogP contribution in [-0.4, -0.2) is 27.5 Å². The van der Waals surface area contributed by atoms with Crippen molar-refractivity contribution in [2.24, 2.45) is 0 Å². The third-order valence-corrected chi connectivity index (χ3v) is 3.81. The molecule has 0 radical (unpaired) electrons. The Bertz CT molecular complexity index is 855. The van der Waals surface area contributed by atoms with Gasteiger partial charge in [-0.05, 0) is 26.0 Å². The fraction of sp³-hybridized carbons (Fsp3) is 0.211. The average Bonchev–Trinajstić information content (AvgIpc) is 3.08. The number of furan rings is 1. The normalized spacial score (nSPS) is 13.2. The molecule has 0 bridgehead atoms. The molecule has 0 aliphatic heterocycles. The van der Waals surface area contributed by atoms with Crippen molar-refractivity contribution >= 4 is 5.91 Å². The molecule has 0 saturated carbocycles. The van der Waals surface area contributed by atoms with Crippen LogP contribution in [-0.2, 0) is 5.60 Å². The zero-order chi connectivity index (χ0) is 17.9. The number of carbonyl (C=O) groups excluding carboxylic acids is 1. The summed E-state index contributed by atoms with van der Waals surface area (Å²) in [5.41, 5.74) is -0.0916. The summed E-state index contributed by atoms with van der Waals surface area (Å²) >= 11 is 0. The second-order valence-electron chi connectivity index (χ2n) is 6.03. The van der Waals surface area contributed by atoms with E-state index in [-0.39, 0.29) is 12.5 Å². The van der Waals surface area contributed by atoms with Gasteiger partial charge in [0, 0.05) is 18.0 Å². The smallest absolute Gasteiger partial charge is 0.254 e. The number of nitrogens with zero attached hydrogens (tertiary/aromatic N) is 2. The molecule has 2 heterocycles. The number of aromatic nitrogens is 2. The summed E-state index contributed by atoms with van der Waals surface area (Å²) in [6.45, 7) is 3.39. The van der Waals surface area contributed by atoms with Crippen LogP contribution in [0.2, 0.25) is 0 Å². The van der Waals surface area contributed by atoms with E-state index in [2.05, 4.69) is 15.3 Å². The lowest BCUT2D eigenvalue weighted by Gasteiger charge is -2.21. The van der Waals surface area contributed by atoms with Crippen molar-refractivity contribution in [2.75, 3.05) is 6.54 Å². The first-order valence-electron chi connectivity index (χ1n) is 7.91. The molecule has 3 rings (SSSR count). The summed E-state index contributed by atoms with van der Waals surface area (Å²) in [5.74, 6) is 1.30. The van der Waals surface area contributed by atoms with Crippen LogP contribution in [0.3, 0.4) is 0 Å². The van der Waals surface area contributed by atoms with Gasteiger partial charge in [-0.25, -0.2) is 9.97 Å². The van der Waals surface area contributed by atoms with Gasteiger partial charge in [0.05, 0.1) is 12.1 Å². The minimum atomic E-state index is -1.30. The third kappa shape index (κ3) is 3.92. The van der Waals surface area contributed by atoms with Crippen LogP contribution in [0.1, 0.15) is 28.8 Å². The molecule has 1 aromatic carbocycles. The lowest BCUT2D eigenvalue weighted by atomic mass is 10.0. The number of hydrogen-bond acceptors (Lipinski definition) is 5. The molecule has 0 spiro atoms. The largest absolute Gasteiger partial charge is 0.463 e. The van der Waals surface area contributed by atoms with E-state index >= 15 is 0 Å². The number of aryl methyl sites for hydroxylation is 1. The highest BCUT2D eigenvalue weighted by Crippen LogP contribution is 2.22. The molecule has 2 N–H and O–H groups in total. The van der Waals surface area contributed by atoms with E-state index in [4.69, 9.17) is 4.42 Å². The number of rotatable bonds is 5. The number of carbonyl (C=O) groups is 1. The predicted octanol–water partition coefficient (Wildman–Crippen LogP) is 2.68. The molecule has 3 aromatic rings. The molecule has 0 fully saturated rings. The molecule has 1 atom stereocenters. The second kappa shape index (κ2) is 6.86. The van der Waals surface area contributed by atoms with Crippen LogP contribution in [0.4, 0.5) is 0 Å². The van der Waals surface area contributed by atoms with Crippen molar-refractivity contribution in [3.05, 3.63) is 71.9 Å². The van der Waals surface area contributed by atoms with E-state index < -0.39 is 5.60 Å². The van der Waals surface area contributed by atoms with Crippen molar-refractivity contribution in [3.63, 3.8) is 0 Å². The van der Waals surface area contributed by atoms with Crippen molar-refractivity contribution in [1.82, 2.24) is 15.3 Å². The van der Waals surface area contributed by atoms with Gasteiger partial charge >= 0.3 is 0 Å². The molecular formula is C19H19N3O3. The van der Waals surface area contributed by atoms with Gasteiger partial charge in [-0.15, -0.1) is 0 Å². The molecular weight excluding hydrogens is 318 g/mol. The van der Waals surface area contributed by atoms with E-state index in [1.807, 2.05) is 30.3 Å². The van der Waals surface area contributed by atoms with Crippen LogP contribution in [0.25, 0.3) is 11.4 Å². The number of benzene rings is 1. The van der Waals surface area contributed by atoms with Gasteiger partial charge in [0.15, 0.2) is 5.82 Å². The number of aliphatic hydroxyl groups is 1. The van der Waals surface area contributed by atoms with E-state index in [9.17, 15) is 9.90 Å². The molecule has 128 valence electrons. The Hall–Kier alpha value is -2.99. The van der Waals surface area contributed by atoms with Crippen molar-refractivity contribution in [2.45, 2.75) is 19.4 Å². The van der Waals surface area contributed by atoms with Gasteiger partial charge in [0.2, 0.25) is 0 Å². The number of nitrogens with one attached hydrogen (secondary N) is 1. The fourth-order valence-corrected chi connectivity index (χ4v) is 2.35. The first-order chi connectivity index (χ1) is 12.0. The molecule has 2 aromatic heterocycles. The summed E-state index contributed by atoms with van der Waals surface area (Å²) in [7, 11) is 0. The molecule has 0 saturated heterocycles. The first kappa shape index (κ1) is 16.9. The lowest BCUT2D eigenvalue weighted by Crippen LogP contribution is -2.38. The Morgan fingerprint density at radius 3 is 2.44 bits per heavy atom. The van der Waals surface area contributed by atoms with Gasteiger partial charge in [0.1, 0.15) is 17.1 Å². The SMILES string of the molecule is Cc1ccc(C(C)(O)CNC(=O)c2cnc(-c3ccccc3)nc2)o1. The van der Waals surface area contributed by atoms with E-state index in [1.165, 1.54) is 12.4 Å². The van der Waals surface area contributed by atoms with Crippen molar-refractivity contribution in [1.29, 1.82) is 0 Å². The average molecular weight is 337 g/mol.